The fraction of sp³-hybridized carbons (Fsp3) is 0.562. The van der Waals surface area contributed by atoms with Crippen LogP contribution in [0.5, 0.6) is 0 Å². The topological polar surface area (TPSA) is 61.4 Å². The summed E-state index contributed by atoms with van der Waals surface area (Å²) in [7, 11) is 3.62. The van der Waals surface area contributed by atoms with Gasteiger partial charge in [-0.2, -0.15) is 5.10 Å². The molecule has 1 fully saturated rings. The van der Waals surface area contributed by atoms with Crippen LogP contribution in [0.2, 0.25) is 0 Å². The van der Waals surface area contributed by atoms with Gasteiger partial charge >= 0.3 is 0 Å². The van der Waals surface area contributed by atoms with E-state index in [-0.39, 0.29) is 12.1 Å². The van der Waals surface area contributed by atoms with E-state index in [2.05, 4.69) is 17.3 Å². The third kappa shape index (κ3) is 3.09. The van der Waals surface area contributed by atoms with Gasteiger partial charge < -0.3 is 19.2 Å². The van der Waals surface area contributed by atoms with Crippen molar-refractivity contribution in [1.82, 2.24) is 15.1 Å². The number of nitrogens with zero attached hydrogens (tertiary/aromatic N) is 2. The number of furan rings is 1. The summed E-state index contributed by atoms with van der Waals surface area (Å²) in [5.74, 6) is 1.77. The fourth-order valence-electron chi connectivity index (χ4n) is 2.87. The Balaban J connectivity index is 1.62. The first-order valence-corrected chi connectivity index (χ1v) is 7.59. The largest absolute Gasteiger partial charge is 0.462 e. The van der Waals surface area contributed by atoms with E-state index in [4.69, 9.17) is 13.9 Å². The van der Waals surface area contributed by atoms with Crippen LogP contribution in [0.25, 0.3) is 0 Å². The average molecular weight is 305 g/mol. The normalized spacial score (nSPS) is 21.6. The quantitative estimate of drug-likeness (QED) is 0.885. The molecule has 0 radical (unpaired) electrons. The second-order valence-corrected chi connectivity index (χ2v) is 5.68. The summed E-state index contributed by atoms with van der Waals surface area (Å²) in [6, 6.07) is 4.22. The molecule has 2 aromatic heterocycles. The Morgan fingerprint density at radius 3 is 2.95 bits per heavy atom. The van der Waals surface area contributed by atoms with Crippen LogP contribution < -0.4 is 5.32 Å². The highest BCUT2D eigenvalue weighted by Crippen LogP contribution is 2.31. The van der Waals surface area contributed by atoms with Gasteiger partial charge in [-0.05, 0) is 25.5 Å². The first-order valence-electron chi connectivity index (χ1n) is 7.59. The molecular weight excluding hydrogens is 282 g/mol. The van der Waals surface area contributed by atoms with Crippen LogP contribution in [0.4, 0.5) is 0 Å². The van der Waals surface area contributed by atoms with E-state index in [1.807, 2.05) is 30.1 Å². The summed E-state index contributed by atoms with van der Waals surface area (Å²) in [5, 5.41) is 7.86. The van der Waals surface area contributed by atoms with Gasteiger partial charge in [0.2, 0.25) is 0 Å². The molecule has 3 rings (SSSR count). The molecule has 1 saturated heterocycles. The number of hydrogen-bond donors (Lipinski definition) is 1. The van der Waals surface area contributed by atoms with Crippen LogP contribution in [0, 0.1) is 6.92 Å². The SMILES string of the molecule is COCc1ccc(CN[C@H]2CCO[C@@H]2c2cnn(C)c2C)o1. The molecule has 2 aromatic rings. The van der Waals surface area contributed by atoms with E-state index >= 15 is 0 Å². The van der Waals surface area contributed by atoms with Gasteiger partial charge in [-0.15, -0.1) is 0 Å². The van der Waals surface area contributed by atoms with Gasteiger partial charge in [0, 0.05) is 38.1 Å². The maximum atomic E-state index is 5.91. The highest BCUT2D eigenvalue weighted by atomic mass is 16.5. The Morgan fingerprint density at radius 1 is 1.41 bits per heavy atom. The zero-order valence-corrected chi connectivity index (χ0v) is 13.3. The number of hydrogen-bond acceptors (Lipinski definition) is 5. The molecule has 6 nitrogen and oxygen atoms in total. The second kappa shape index (κ2) is 6.64. The summed E-state index contributed by atoms with van der Waals surface area (Å²) in [4.78, 5) is 0. The molecule has 0 saturated carbocycles. The van der Waals surface area contributed by atoms with Crippen LogP contribution in [0.3, 0.4) is 0 Å². The van der Waals surface area contributed by atoms with Crippen molar-refractivity contribution in [1.29, 1.82) is 0 Å². The summed E-state index contributed by atoms with van der Waals surface area (Å²) < 4.78 is 18.6. The fourth-order valence-corrected chi connectivity index (χ4v) is 2.87. The molecule has 22 heavy (non-hydrogen) atoms. The Hall–Kier alpha value is -1.63. The van der Waals surface area contributed by atoms with E-state index in [1.165, 1.54) is 0 Å². The number of aromatic nitrogens is 2. The molecule has 0 unspecified atom stereocenters. The standard InChI is InChI=1S/C16H23N3O3/c1-11-14(9-18-19(11)2)16-15(6-7-21-16)17-8-12-4-5-13(22-12)10-20-3/h4-5,9,15-17H,6-8,10H2,1-3H3/t15-,16+/m0/s1. The first-order chi connectivity index (χ1) is 10.7. The Bertz CT molecular complexity index is 620. The number of nitrogens with one attached hydrogen (secondary N) is 1. The van der Waals surface area contributed by atoms with Gasteiger partial charge in [-0.1, -0.05) is 0 Å². The van der Waals surface area contributed by atoms with Gasteiger partial charge in [0.05, 0.1) is 12.7 Å². The van der Waals surface area contributed by atoms with Crippen molar-refractivity contribution in [3.63, 3.8) is 0 Å². The smallest absolute Gasteiger partial charge is 0.129 e. The molecule has 0 aromatic carbocycles. The molecule has 120 valence electrons. The lowest BCUT2D eigenvalue weighted by Gasteiger charge is -2.19. The number of ether oxygens (including phenoxy) is 2. The Kier molecular flexibility index (Phi) is 4.61. The Labute approximate surface area is 130 Å². The highest BCUT2D eigenvalue weighted by molar-refractivity contribution is 5.22. The molecule has 0 spiro atoms. The molecule has 1 aliphatic heterocycles. The molecule has 0 aliphatic carbocycles. The first kappa shape index (κ1) is 15.3. The van der Waals surface area contributed by atoms with Crippen molar-refractivity contribution in [2.45, 2.75) is 38.6 Å². The lowest BCUT2D eigenvalue weighted by atomic mass is 10.0. The third-order valence-electron chi connectivity index (χ3n) is 4.21. The number of aryl methyl sites for hydroxylation is 1. The summed E-state index contributed by atoms with van der Waals surface area (Å²) in [6.45, 7) is 4.03. The van der Waals surface area contributed by atoms with Gasteiger partial charge in [0.25, 0.3) is 0 Å². The van der Waals surface area contributed by atoms with Crippen LogP contribution in [0.1, 0.15) is 35.3 Å². The van der Waals surface area contributed by atoms with Crippen LogP contribution in [-0.2, 0) is 29.7 Å². The van der Waals surface area contributed by atoms with Crippen molar-refractivity contribution in [2.75, 3.05) is 13.7 Å². The maximum absolute atomic E-state index is 5.91. The van der Waals surface area contributed by atoms with Crippen molar-refractivity contribution in [3.8, 4) is 0 Å². The molecular formula is C16H23N3O3. The highest BCUT2D eigenvalue weighted by Gasteiger charge is 2.31. The monoisotopic (exact) mass is 305 g/mol. The molecule has 6 heteroatoms. The van der Waals surface area contributed by atoms with Crippen LogP contribution in [0.15, 0.2) is 22.7 Å². The van der Waals surface area contributed by atoms with E-state index < -0.39 is 0 Å². The molecule has 1 aliphatic rings. The molecule has 0 bridgehead atoms. The zero-order chi connectivity index (χ0) is 15.5. The lowest BCUT2D eigenvalue weighted by molar-refractivity contribution is 0.0974. The van der Waals surface area contributed by atoms with E-state index in [9.17, 15) is 0 Å². The van der Waals surface area contributed by atoms with Crippen molar-refractivity contribution >= 4 is 0 Å². The van der Waals surface area contributed by atoms with Crippen LogP contribution in [-0.4, -0.2) is 29.5 Å². The van der Waals surface area contributed by atoms with Crippen molar-refractivity contribution in [2.24, 2.45) is 7.05 Å². The number of methoxy groups -OCH3 is 1. The molecule has 0 amide bonds. The minimum absolute atomic E-state index is 0.0575. The minimum atomic E-state index is 0.0575. The summed E-state index contributed by atoms with van der Waals surface area (Å²) in [5.41, 5.74) is 2.32. The van der Waals surface area contributed by atoms with E-state index in [0.29, 0.717) is 13.2 Å². The van der Waals surface area contributed by atoms with Gasteiger partial charge in [-0.25, -0.2) is 0 Å². The Morgan fingerprint density at radius 2 is 2.23 bits per heavy atom. The maximum Gasteiger partial charge on any atom is 0.129 e. The lowest BCUT2D eigenvalue weighted by Crippen LogP contribution is -2.31. The molecule has 1 N–H and O–H groups in total. The summed E-state index contributed by atoms with van der Waals surface area (Å²) in [6.07, 6.45) is 2.95. The predicted molar refractivity (Wildman–Crippen MR) is 81.3 cm³/mol. The predicted octanol–water partition coefficient (Wildman–Crippen LogP) is 2.09. The summed E-state index contributed by atoms with van der Waals surface area (Å²) >= 11 is 0. The minimum Gasteiger partial charge on any atom is -0.462 e. The molecule has 2 atom stereocenters. The molecule has 3 heterocycles. The van der Waals surface area contributed by atoms with E-state index in [1.54, 1.807) is 7.11 Å². The van der Waals surface area contributed by atoms with Crippen LogP contribution >= 0.6 is 0 Å². The van der Waals surface area contributed by atoms with Crippen molar-refractivity contribution in [3.05, 3.63) is 41.1 Å². The van der Waals surface area contributed by atoms with E-state index in [0.717, 1.165) is 35.8 Å². The van der Waals surface area contributed by atoms with Gasteiger partial charge in [-0.3, -0.25) is 4.68 Å². The van der Waals surface area contributed by atoms with Crippen molar-refractivity contribution < 1.29 is 13.9 Å². The van der Waals surface area contributed by atoms with Gasteiger partial charge in [0.15, 0.2) is 0 Å². The zero-order valence-electron chi connectivity index (χ0n) is 13.3. The number of rotatable bonds is 6. The van der Waals surface area contributed by atoms with Gasteiger partial charge in [0.1, 0.15) is 24.2 Å². The average Bonchev–Trinajstić information content (AvgIpc) is 3.20. The third-order valence-corrected chi connectivity index (χ3v) is 4.21. The second-order valence-electron chi connectivity index (χ2n) is 5.68.